The molecule has 13 N–H and O–H groups in total. The number of amides is 4. The zero-order valence-electron chi connectivity index (χ0n) is 20.2. The topological polar surface area (TPSA) is 295 Å². The van der Waals surface area contributed by atoms with Crippen LogP contribution in [0.5, 0.6) is 0 Å². The van der Waals surface area contributed by atoms with E-state index in [9.17, 15) is 28.8 Å². The minimum absolute atomic E-state index is 0.0884. The molecule has 0 aliphatic carbocycles. The first kappa shape index (κ1) is 32.0. The summed E-state index contributed by atoms with van der Waals surface area (Å²) in [6.07, 6.45) is -0.893. The van der Waals surface area contributed by atoms with Crippen molar-refractivity contribution in [2.45, 2.75) is 70.1 Å². The normalized spacial score (nSPS) is 14.0. The summed E-state index contributed by atoms with van der Waals surface area (Å²) in [5.74, 6) is -6.95. The number of carboxylic acids is 2. The van der Waals surface area contributed by atoms with Crippen LogP contribution in [0.15, 0.2) is 4.99 Å². The third kappa shape index (κ3) is 13.7. The summed E-state index contributed by atoms with van der Waals surface area (Å²) in [6, 6.07) is -5.58. The number of aliphatic imine (C=N–C) groups is 1. The third-order valence-electron chi connectivity index (χ3n) is 4.68. The molecule has 0 rings (SSSR count). The molecule has 4 unspecified atom stereocenters. The highest BCUT2D eigenvalue weighted by molar-refractivity contribution is 5.96. The van der Waals surface area contributed by atoms with Crippen molar-refractivity contribution in [3.63, 3.8) is 0 Å². The van der Waals surface area contributed by atoms with Crippen LogP contribution >= 0.6 is 0 Å². The molecule has 0 aliphatic heterocycles. The molecule has 0 aromatic heterocycles. The summed E-state index contributed by atoms with van der Waals surface area (Å²) in [5.41, 5.74) is 21.5. The zero-order valence-corrected chi connectivity index (χ0v) is 20.2. The van der Waals surface area contributed by atoms with Gasteiger partial charge in [0.05, 0.1) is 18.9 Å². The summed E-state index contributed by atoms with van der Waals surface area (Å²) in [5, 5.41) is 24.7. The van der Waals surface area contributed by atoms with Gasteiger partial charge in [-0.25, -0.2) is 4.79 Å². The summed E-state index contributed by atoms with van der Waals surface area (Å²) >= 11 is 0. The summed E-state index contributed by atoms with van der Waals surface area (Å²) in [4.78, 5) is 75.3. The van der Waals surface area contributed by atoms with Crippen LogP contribution in [-0.2, 0) is 28.8 Å². The van der Waals surface area contributed by atoms with Gasteiger partial charge in [0.2, 0.25) is 23.6 Å². The maximum absolute atomic E-state index is 12.9. The molecule has 0 aliphatic rings. The third-order valence-corrected chi connectivity index (χ3v) is 4.68. The van der Waals surface area contributed by atoms with Gasteiger partial charge in [0.15, 0.2) is 5.96 Å². The molecule has 4 amide bonds. The minimum Gasteiger partial charge on any atom is -0.481 e. The van der Waals surface area contributed by atoms with Gasteiger partial charge in [-0.05, 0) is 25.2 Å². The molecule has 0 radical (unpaired) electrons. The SMILES string of the molecule is CC(C)CC(NC(=O)C(N)CCCN=C(N)N)C(=O)NC(CC(N)=O)C(=O)NC(CC(=O)O)C(=O)O. The number of aliphatic carboxylic acids is 2. The summed E-state index contributed by atoms with van der Waals surface area (Å²) in [6.45, 7) is 3.81. The van der Waals surface area contributed by atoms with Gasteiger partial charge >= 0.3 is 11.9 Å². The van der Waals surface area contributed by atoms with Gasteiger partial charge < -0.3 is 49.1 Å². The number of hydrogen-bond donors (Lipinski definition) is 9. The van der Waals surface area contributed by atoms with E-state index in [0.717, 1.165) is 0 Å². The van der Waals surface area contributed by atoms with Crippen LogP contribution in [0.3, 0.4) is 0 Å². The summed E-state index contributed by atoms with van der Waals surface area (Å²) < 4.78 is 0. The van der Waals surface area contributed by atoms with Crippen molar-refractivity contribution in [2.75, 3.05) is 6.54 Å². The van der Waals surface area contributed by atoms with Crippen molar-refractivity contribution in [1.29, 1.82) is 0 Å². The number of hydrogen-bond acceptors (Lipinski definition) is 8. The van der Waals surface area contributed by atoms with E-state index in [-0.39, 0.29) is 31.3 Å². The van der Waals surface area contributed by atoms with Crippen LogP contribution in [0.2, 0.25) is 0 Å². The maximum atomic E-state index is 12.9. The maximum Gasteiger partial charge on any atom is 0.326 e. The van der Waals surface area contributed by atoms with Gasteiger partial charge in [-0.3, -0.25) is 29.0 Å². The van der Waals surface area contributed by atoms with E-state index in [0.29, 0.717) is 6.42 Å². The first-order chi connectivity index (χ1) is 16.6. The Balaban J connectivity index is 5.44. The lowest BCUT2D eigenvalue weighted by Crippen LogP contribution is -2.58. The lowest BCUT2D eigenvalue weighted by atomic mass is 10.0. The number of nitrogens with one attached hydrogen (secondary N) is 3. The Hall–Kier alpha value is -3.95. The second-order valence-electron chi connectivity index (χ2n) is 8.47. The highest BCUT2D eigenvalue weighted by atomic mass is 16.4. The number of rotatable bonds is 17. The molecule has 0 saturated carbocycles. The van der Waals surface area contributed by atoms with Gasteiger partial charge in [-0.1, -0.05) is 13.8 Å². The fourth-order valence-corrected chi connectivity index (χ4v) is 2.96. The number of carbonyl (C=O) groups is 6. The second-order valence-corrected chi connectivity index (χ2v) is 8.47. The van der Waals surface area contributed by atoms with E-state index >= 15 is 0 Å². The lowest BCUT2D eigenvalue weighted by Gasteiger charge is -2.25. The first-order valence-electron chi connectivity index (χ1n) is 11.1. The molecule has 0 aromatic carbocycles. The van der Waals surface area contributed by atoms with Crippen LogP contribution in [0.4, 0.5) is 0 Å². The standard InChI is InChI=1S/C20H36N8O8/c1-9(2)6-11(26-16(32)10(21)4-3-5-25-20(23)24)17(33)27-12(7-14(22)29)18(34)28-13(19(35)36)8-15(30)31/h9-13H,3-8,21H2,1-2H3,(H2,22,29)(H,26,32)(H,27,33)(H,28,34)(H,30,31)(H,35,36)(H4,23,24,25). The number of nitrogens with zero attached hydrogens (tertiary/aromatic N) is 1. The number of nitrogens with two attached hydrogens (primary N) is 4. The average Bonchev–Trinajstić information content (AvgIpc) is 2.73. The van der Waals surface area contributed by atoms with Gasteiger partial charge in [-0.2, -0.15) is 0 Å². The van der Waals surface area contributed by atoms with E-state index in [1.807, 2.05) is 5.32 Å². The summed E-state index contributed by atoms with van der Waals surface area (Å²) in [7, 11) is 0. The fraction of sp³-hybridized carbons (Fsp3) is 0.650. The molecule has 0 aromatic rings. The molecule has 0 heterocycles. The number of primary amides is 1. The van der Waals surface area contributed by atoms with Gasteiger partial charge in [-0.15, -0.1) is 0 Å². The van der Waals surface area contributed by atoms with Gasteiger partial charge in [0, 0.05) is 6.54 Å². The Morgan fingerprint density at radius 3 is 1.81 bits per heavy atom. The van der Waals surface area contributed by atoms with Crippen LogP contribution in [0, 0.1) is 5.92 Å². The second kappa shape index (κ2) is 15.9. The molecule has 204 valence electrons. The van der Waals surface area contributed by atoms with Crippen molar-refractivity contribution in [3.05, 3.63) is 0 Å². The van der Waals surface area contributed by atoms with Crippen molar-refractivity contribution in [2.24, 2.45) is 33.8 Å². The van der Waals surface area contributed by atoms with Crippen molar-refractivity contribution >= 4 is 41.5 Å². The molecular formula is C20H36N8O8. The Morgan fingerprint density at radius 2 is 1.33 bits per heavy atom. The molecule has 16 nitrogen and oxygen atoms in total. The molecule has 0 spiro atoms. The van der Waals surface area contributed by atoms with E-state index in [1.165, 1.54) is 0 Å². The van der Waals surface area contributed by atoms with Crippen molar-refractivity contribution in [3.8, 4) is 0 Å². The molecule has 0 bridgehead atoms. The molecule has 36 heavy (non-hydrogen) atoms. The zero-order chi connectivity index (χ0) is 28.0. The number of guanidine groups is 1. The van der Waals surface area contributed by atoms with E-state index in [2.05, 4.69) is 15.6 Å². The predicted molar refractivity (Wildman–Crippen MR) is 127 cm³/mol. The molecule has 16 heteroatoms. The first-order valence-corrected chi connectivity index (χ1v) is 11.1. The van der Waals surface area contributed by atoms with Crippen LogP contribution in [0.25, 0.3) is 0 Å². The largest absolute Gasteiger partial charge is 0.481 e. The minimum atomic E-state index is -1.81. The quantitative estimate of drug-likeness (QED) is 0.0514. The van der Waals surface area contributed by atoms with Crippen LogP contribution in [-0.4, -0.2) is 82.5 Å². The number of carbonyl (C=O) groups excluding carboxylic acids is 4. The van der Waals surface area contributed by atoms with E-state index < -0.39 is 72.6 Å². The van der Waals surface area contributed by atoms with Crippen LogP contribution < -0.4 is 38.9 Å². The van der Waals surface area contributed by atoms with Crippen LogP contribution in [0.1, 0.15) is 46.0 Å². The molecule has 0 saturated heterocycles. The number of carboxylic acid groups (broad SMARTS) is 2. The monoisotopic (exact) mass is 516 g/mol. The highest BCUT2D eigenvalue weighted by Crippen LogP contribution is 2.08. The average molecular weight is 517 g/mol. The van der Waals surface area contributed by atoms with Crippen molar-refractivity contribution < 1.29 is 39.0 Å². The smallest absolute Gasteiger partial charge is 0.326 e. The Morgan fingerprint density at radius 1 is 0.806 bits per heavy atom. The molecule has 4 atom stereocenters. The van der Waals surface area contributed by atoms with E-state index in [4.69, 9.17) is 33.1 Å². The Kier molecular flexibility index (Phi) is 14.1. The lowest BCUT2D eigenvalue weighted by molar-refractivity contribution is -0.147. The molecular weight excluding hydrogens is 480 g/mol. The van der Waals surface area contributed by atoms with Gasteiger partial charge in [0.1, 0.15) is 18.1 Å². The predicted octanol–water partition coefficient (Wildman–Crippen LogP) is -3.70. The Labute approximate surface area is 207 Å². The fourth-order valence-electron chi connectivity index (χ4n) is 2.96. The Bertz CT molecular complexity index is 844. The van der Waals surface area contributed by atoms with Gasteiger partial charge in [0.25, 0.3) is 0 Å². The molecule has 0 fully saturated rings. The highest BCUT2D eigenvalue weighted by Gasteiger charge is 2.32. The van der Waals surface area contributed by atoms with Crippen molar-refractivity contribution in [1.82, 2.24) is 16.0 Å². The van der Waals surface area contributed by atoms with E-state index in [1.54, 1.807) is 13.8 Å².